The van der Waals surface area contributed by atoms with Gasteiger partial charge in [-0.05, 0) is 0 Å². The first-order valence-electron chi connectivity index (χ1n) is 4.82. The molecule has 0 amide bonds. The van der Waals surface area contributed by atoms with Crippen molar-refractivity contribution >= 4 is 16.8 Å². The van der Waals surface area contributed by atoms with Gasteiger partial charge in [0.1, 0.15) is 0 Å². The van der Waals surface area contributed by atoms with Gasteiger partial charge >= 0.3 is 35.8 Å². The van der Waals surface area contributed by atoms with E-state index in [0.717, 1.165) is 0 Å². The molecule has 1 nitrogen and oxygen atoms in total. The number of halogens is 14. The minimum absolute atomic E-state index is 0.215. The Morgan fingerprint density at radius 1 is 0.609 bits per heavy atom. The van der Waals surface area contributed by atoms with Crippen LogP contribution in [0.25, 0.3) is 0 Å². The maximum absolute atomic E-state index is 13.0. The second-order valence-corrected chi connectivity index (χ2v) is 4.24. The first-order chi connectivity index (χ1) is 9.73. The summed E-state index contributed by atoms with van der Waals surface area (Å²) in [5.74, 6) is -37.4. The molecule has 0 bridgehead atoms. The van der Waals surface area contributed by atoms with Gasteiger partial charge in [0, 0.05) is 7.05 Å². The van der Waals surface area contributed by atoms with Crippen LogP contribution in [-0.4, -0.2) is 48.0 Å². The highest BCUT2D eigenvalue weighted by molar-refractivity contribution is 6.67. The zero-order chi connectivity index (χ0) is 19.3. The quantitative estimate of drug-likeness (QED) is 0.459. The van der Waals surface area contributed by atoms with Crippen LogP contribution < -0.4 is 0 Å². The minimum atomic E-state index is -7.93. The zero-order valence-corrected chi connectivity index (χ0v) is 11.0. The Morgan fingerprint density at radius 3 is 1.17 bits per heavy atom. The largest absolute Gasteiger partial charge is 0.460 e. The van der Waals surface area contributed by atoms with Crippen molar-refractivity contribution in [3.63, 3.8) is 0 Å². The average Bonchev–Trinajstić information content (AvgIpc) is 2.35. The number of hydrogen-bond donors (Lipinski definition) is 0. The molecule has 0 radical (unpaired) electrons. The summed E-state index contributed by atoms with van der Waals surface area (Å²) in [4.78, 5) is 2.10. The molecule has 0 aliphatic rings. The molecule has 0 unspecified atom stereocenters. The smallest absolute Gasteiger partial charge is 0.275 e. The Kier molecular flexibility index (Phi) is 5.32. The van der Waals surface area contributed by atoms with Crippen LogP contribution in [0, 0.1) is 0 Å². The van der Waals surface area contributed by atoms with E-state index in [9.17, 15) is 57.1 Å². The van der Waals surface area contributed by atoms with Crippen molar-refractivity contribution in [2.75, 3.05) is 7.05 Å². The first kappa shape index (κ1) is 22.1. The molecule has 0 aromatic rings. The van der Waals surface area contributed by atoms with Gasteiger partial charge in [-0.3, -0.25) is 4.99 Å². The van der Waals surface area contributed by atoms with Crippen molar-refractivity contribution in [2.24, 2.45) is 4.99 Å². The third kappa shape index (κ3) is 2.82. The molecule has 0 aromatic carbocycles. The molecule has 0 heterocycles. The molecule has 15 heteroatoms. The van der Waals surface area contributed by atoms with Crippen molar-refractivity contribution in [2.45, 2.75) is 35.8 Å². The maximum atomic E-state index is 13.0. The predicted octanol–water partition coefficient (Wildman–Crippen LogP) is 4.99. The predicted molar refractivity (Wildman–Crippen MR) is 50.0 cm³/mol. The minimum Gasteiger partial charge on any atom is -0.275 e. The Labute approximate surface area is 123 Å². The maximum Gasteiger partial charge on any atom is 0.460 e. The topological polar surface area (TPSA) is 12.4 Å². The van der Waals surface area contributed by atoms with E-state index in [2.05, 4.69) is 16.6 Å². The van der Waals surface area contributed by atoms with Crippen LogP contribution in [0.4, 0.5) is 57.1 Å². The molecular weight excluding hydrogens is 393 g/mol. The Balaban J connectivity index is 6.36. The molecule has 0 saturated carbocycles. The van der Waals surface area contributed by atoms with E-state index in [-0.39, 0.29) is 7.05 Å². The fourth-order valence-electron chi connectivity index (χ4n) is 1.04. The fraction of sp³-hybridized carbons (Fsp3) is 0.875. The molecule has 0 aliphatic heterocycles. The van der Waals surface area contributed by atoms with E-state index < -0.39 is 41.0 Å². The number of nitrogens with zero attached hydrogens (tertiary/aromatic N) is 1. The van der Waals surface area contributed by atoms with E-state index >= 15 is 0 Å². The van der Waals surface area contributed by atoms with E-state index in [1.807, 2.05) is 0 Å². The summed E-state index contributed by atoms with van der Waals surface area (Å²) in [6, 6.07) is 0. The van der Waals surface area contributed by atoms with Gasteiger partial charge < -0.3 is 0 Å². The van der Waals surface area contributed by atoms with Crippen LogP contribution in [0.5, 0.6) is 0 Å². The van der Waals surface area contributed by atoms with Crippen LogP contribution in [0.2, 0.25) is 0 Å². The van der Waals surface area contributed by atoms with Crippen LogP contribution in [0.3, 0.4) is 0 Å². The summed E-state index contributed by atoms with van der Waals surface area (Å²) in [6.45, 7) is 0. The van der Waals surface area contributed by atoms with Gasteiger partial charge in [0.05, 0.1) is 0 Å². The summed E-state index contributed by atoms with van der Waals surface area (Å²) < 4.78 is 163. The average molecular weight is 396 g/mol. The van der Waals surface area contributed by atoms with Gasteiger partial charge in [0.25, 0.3) is 0 Å². The molecular formula is C8H3ClF13N. The molecule has 23 heavy (non-hydrogen) atoms. The summed E-state index contributed by atoms with van der Waals surface area (Å²) in [7, 11) is 0.215. The molecule has 138 valence electrons. The lowest BCUT2D eigenvalue weighted by Gasteiger charge is -2.39. The van der Waals surface area contributed by atoms with Gasteiger partial charge in [-0.15, -0.1) is 0 Å². The second kappa shape index (κ2) is 5.55. The lowest BCUT2D eigenvalue weighted by Crippen LogP contribution is -2.70. The van der Waals surface area contributed by atoms with Crippen molar-refractivity contribution in [1.82, 2.24) is 0 Å². The number of hydrogen-bond acceptors (Lipinski definition) is 1. The highest BCUT2D eigenvalue weighted by Crippen LogP contribution is 2.60. The van der Waals surface area contributed by atoms with Crippen molar-refractivity contribution in [1.29, 1.82) is 0 Å². The summed E-state index contributed by atoms with van der Waals surface area (Å²) in [6.07, 6.45) is -7.44. The monoisotopic (exact) mass is 395 g/mol. The van der Waals surface area contributed by atoms with Crippen LogP contribution in [-0.2, 0) is 0 Å². The molecule has 0 aliphatic carbocycles. The molecule has 0 fully saturated rings. The number of alkyl halides is 13. The molecule has 0 rings (SSSR count). The third-order valence-electron chi connectivity index (χ3n) is 2.39. The van der Waals surface area contributed by atoms with Crippen molar-refractivity contribution in [3.05, 3.63) is 0 Å². The van der Waals surface area contributed by atoms with Gasteiger partial charge in [-0.1, -0.05) is 11.6 Å². The molecule has 0 aromatic heterocycles. The van der Waals surface area contributed by atoms with Crippen LogP contribution >= 0.6 is 11.6 Å². The summed E-state index contributed by atoms with van der Waals surface area (Å²) in [5.41, 5.74) is 0. The Morgan fingerprint density at radius 2 is 0.913 bits per heavy atom. The molecule has 0 saturated heterocycles. The lowest BCUT2D eigenvalue weighted by molar-refractivity contribution is -0.434. The van der Waals surface area contributed by atoms with Crippen LogP contribution in [0.1, 0.15) is 0 Å². The number of aliphatic imine (C=N–C) groups is 1. The Hall–Kier alpha value is -0.950. The standard InChI is InChI=1S/C8H3ClF13N/c1-23-2(9)3(10,11)4(12,13)5(14,15)6(16,17)7(18,19)8(20,21)22/h1H3. The van der Waals surface area contributed by atoms with E-state index in [0.29, 0.717) is 0 Å². The molecule has 0 N–H and O–H groups in total. The van der Waals surface area contributed by atoms with E-state index in [4.69, 9.17) is 0 Å². The van der Waals surface area contributed by atoms with Crippen molar-refractivity contribution < 1.29 is 57.1 Å². The van der Waals surface area contributed by atoms with E-state index in [1.165, 1.54) is 0 Å². The first-order valence-corrected chi connectivity index (χ1v) is 5.19. The van der Waals surface area contributed by atoms with Gasteiger partial charge in [0.2, 0.25) is 0 Å². The van der Waals surface area contributed by atoms with Gasteiger partial charge in [-0.2, -0.15) is 57.1 Å². The highest BCUT2D eigenvalue weighted by Gasteiger charge is 2.91. The summed E-state index contributed by atoms with van der Waals surface area (Å²) in [5, 5.41) is -2.71. The van der Waals surface area contributed by atoms with Crippen molar-refractivity contribution in [3.8, 4) is 0 Å². The highest BCUT2D eigenvalue weighted by atomic mass is 35.5. The van der Waals surface area contributed by atoms with Gasteiger partial charge in [0.15, 0.2) is 5.17 Å². The fourth-order valence-corrected chi connectivity index (χ4v) is 1.16. The zero-order valence-electron chi connectivity index (χ0n) is 10.2. The Bertz CT molecular complexity index is 477. The lowest BCUT2D eigenvalue weighted by atomic mass is 9.94. The molecule has 0 atom stereocenters. The summed E-state index contributed by atoms with van der Waals surface area (Å²) >= 11 is 4.33. The number of rotatable bonds is 5. The van der Waals surface area contributed by atoms with E-state index in [1.54, 1.807) is 0 Å². The normalized spacial score (nSPS) is 16.7. The molecule has 0 spiro atoms. The SMILES string of the molecule is CN=C(Cl)C(F)(F)C(F)(F)C(F)(F)C(F)(F)C(F)(F)C(F)(F)F. The second-order valence-electron chi connectivity index (χ2n) is 3.88. The van der Waals surface area contributed by atoms with Crippen LogP contribution in [0.15, 0.2) is 4.99 Å². The van der Waals surface area contributed by atoms with Gasteiger partial charge in [-0.25, -0.2) is 0 Å². The third-order valence-corrected chi connectivity index (χ3v) is 2.80.